The number of carboxylic acid groups (broad SMARTS) is 1. The highest BCUT2D eigenvalue weighted by Crippen LogP contribution is 2.32. The molecule has 5 nitrogen and oxygen atoms in total. The number of halogens is 2. The lowest BCUT2D eigenvalue weighted by molar-refractivity contribution is -0.113. The summed E-state index contributed by atoms with van der Waals surface area (Å²) in [6.45, 7) is 0. The summed E-state index contributed by atoms with van der Waals surface area (Å²) in [4.78, 5) is 22.7. The number of nitrogens with one attached hydrogen (secondary N) is 1. The predicted molar refractivity (Wildman–Crippen MR) is 75.0 cm³/mol. The van der Waals surface area contributed by atoms with Gasteiger partial charge in [-0.1, -0.05) is 23.2 Å². The molecule has 0 spiro atoms. The molecule has 1 aromatic rings. The molecule has 0 atom stereocenters. The lowest BCUT2D eigenvalue weighted by atomic mass is 10.1. The van der Waals surface area contributed by atoms with E-state index in [0.29, 0.717) is 0 Å². The van der Waals surface area contributed by atoms with Gasteiger partial charge >= 0.3 is 5.97 Å². The molecule has 0 aliphatic heterocycles. The minimum atomic E-state index is -1.28. The fourth-order valence-corrected chi connectivity index (χ4v) is 2.14. The zero-order valence-electron chi connectivity index (χ0n) is 9.44. The number of nitrogens with zero attached hydrogens (tertiary/aromatic N) is 1. The van der Waals surface area contributed by atoms with Crippen LogP contribution < -0.4 is 5.32 Å². The highest BCUT2D eigenvalue weighted by Gasteiger charge is 2.19. The van der Waals surface area contributed by atoms with Crippen LogP contribution in [-0.2, 0) is 4.79 Å². The molecule has 0 heterocycles. The van der Waals surface area contributed by atoms with Crippen LogP contribution in [-0.4, -0.2) is 28.5 Å². The first-order valence-electron chi connectivity index (χ1n) is 4.93. The minimum absolute atomic E-state index is 0.0168. The lowest BCUT2D eigenvalue weighted by Crippen LogP contribution is -2.17. The van der Waals surface area contributed by atoms with E-state index in [1.54, 1.807) is 0 Å². The zero-order valence-corrected chi connectivity index (χ0v) is 11.8. The molecule has 0 saturated carbocycles. The van der Waals surface area contributed by atoms with Crippen molar-refractivity contribution in [2.75, 3.05) is 16.8 Å². The Morgan fingerprint density at radius 1 is 1.37 bits per heavy atom. The number of carboxylic acids is 1. The third-order valence-corrected chi connectivity index (χ3v) is 3.41. The number of rotatable bonds is 5. The number of hydrogen-bond donors (Lipinski definition) is 2. The van der Waals surface area contributed by atoms with Gasteiger partial charge in [-0.05, 0) is 12.1 Å². The van der Waals surface area contributed by atoms with Crippen molar-refractivity contribution in [1.29, 1.82) is 5.26 Å². The molecule has 0 bridgehead atoms. The maximum Gasteiger partial charge on any atom is 0.339 e. The maximum atomic E-state index is 11.6. The van der Waals surface area contributed by atoms with Crippen LogP contribution in [0.3, 0.4) is 0 Å². The van der Waals surface area contributed by atoms with Gasteiger partial charge in [0, 0.05) is 0 Å². The van der Waals surface area contributed by atoms with Gasteiger partial charge in [0.1, 0.15) is 5.56 Å². The summed E-state index contributed by atoms with van der Waals surface area (Å²) < 4.78 is 0. The normalized spacial score (nSPS) is 9.74. The molecule has 0 aromatic heterocycles. The van der Waals surface area contributed by atoms with E-state index in [2.05, 4.69) is 5.32 Å². The third-order valence-electron chi connectivity index (χ3n) is 1.98. The van der Waals surface area contributed by atoms with Crippen molar-refractivity contribution in [3.63, 3.8) is 0 Å². The second-order valence-corrected chi connectivity index (χ2v) is 5.08. The summed E-state index contributed by atoms with van der Waals surface area (Å²) in [7, 11) is 0. The zero-order chi connectivity index (χ0) is 14.4. The lowest BCUT2D eigenvalue weighted by Gasteiger charge is -2.11. The van der Waals surface area contributed by atoms with Crippen LogP contribution in [0.5, 0.6) is 0 Å². The predicted octanol–water partition coefficient (Wildman–Crippen LogP) is 2.89. The van der Waals surface area contributed by atoms with E-state index in [9.17, 15) is 9.59 Å². The van der Waals surface area contributed by atoms with E-state index in [1.807, 2.05) is 6.07 Å². The van der Waals surface area contributed by atoms with Gasteiger partial charge < -0.3 is 10.4 Å². The molecular formula is C11H8Cl2N2O3S. The summed E-state index contributed by atoms with van der Waals surface area (Å²) in [5.74, 6) is -1.54. The van der Waals surface area contributed by atoms with Crippen LogP contribution >= 0.6 is 35.0 Å². The van der Waals surface area contributed by atoms with Crippen LogP contribution in [0.25, 0.3) is 0 Å². The molecule has 0 fully saturated rings. The number of amides is 1. The summed E-state index contributed by atoms with van der Waals surface area (Å²) in [5.41, 5.74) is -0.294. The number of carbonyl (C=O) groups excluding carboxylic acids is 1. The Labute approximate surface area is 123 Å². The molecule has 8 heteroatoms. The van der Waals surface area contributed by atoms with Crippen molar-refractivity contribution in [3.05, 3.63) is 27.7 Å². The fourth-order valence-electron chi connectivity index (χ4n) is 1.25. The van der Waals surface area contributed by atoms with E-state index in [-0.39, 0.29) is 32.8 Å². The smallest absolute Gasteiger partial charge is 0.339 e. The molecule has 2 N–H and O–H groups in total. The number of thioether (sulfide) groups is 1. The Morgan fingerprint density at radius 3 is 2.58 bits per heavy atom. The van der Waals surface area contributed by atoms with Gasteiger partial charge in [0.15, 0.2) is 0 Å². The van der Waals surface area contributed by atoms with Crippen molar-refractivity contribution >= 4 is 52.5 Å². The van der Waals surface area contributed by atoms with Crippen molar-refractivity contribution < 1.29 is 14.7 Å². The van der Waals surface area contributed by atoms with Gasteiger partial charge in [-0.3, -0.25) is 4.79 Å². The highest BCUT2D eigenvalue weighted by molar-refractivity contribution is 8.00. The molecule has 1 rings (SSSR count). The van der Waals surface area contributed by atoms with Crippen molar-refractivity contribution in [2.45, 2.75) is 0 Å². The monoisotopic (exact) mass is 318 g/mol. The van der Waals surface area contributed by atoms with E-state index in [0.717, 1.165) is 11.8 Å². The van der Waals surface area contributed by atoms with Gasteiger partial charge in [-0.15, -0.1) is 11.8 Å². The first-order chi connectivity index (χ1) is 8.97. The van der Waals surface area contributed by atoms with Crippen LogP contribution in [0.2, 0.25) is 10.0 Å². The number of hydrogen-bond acceptors (Lipinski definition) is 4. The molecule has 100 valence electrons. The summed E-state index contributed by atoms with van der Waals surface area (Å²) >= 11 is 12.7. The first-order valence-corrected chi connectivity index (χ1v) is 6.84. The maximum absolute atomic E-state index is 11.6. The van der Waals surface area contributed by atoms with Gasteiger partial charge in [-0.2, -0.15) is 5.26 Å². The standard InChI is InChI=1S/C11H8Cl2N2O3S/c12-6-1-2-7(13)10(9(6)11(17)18)15-8(16)5-19-4-3-14/h1-2H,4-5H2,(H,15,16)(H,17,18). The van der Waals surface area contributed by atoms with Gasteiger partial charge in [-0.25, -0.2) is 4.79 Å². The first kappa shape index (κ1) is 15.6. The Hall–Kier alpha value is -1.42. The molecule has 0 unspecified atom stereocenters. The van der Waals surface area contributed by atoms with E-state index in [1.165, 1.54) is 12.1 Å². The topological polar surface area (TPSA) is 90.2 Å². The Balaban J connectivity index is 2.94. The molecule has 0 aliphatic rings. The molecular weight excluding hydrogens is 311 g/mol. The number of aromatic carboxylic acids is 1. The van der Waals surface area contributed by atoms with Crippen LogP contribution in [0.1, 0.15) is 10.4 Å². The second-order valence-electron chi connectivity index (χ2n) is 3.28. The Bertz CT molecular complexity index is 558. The quantitative estimate of drug-likeness (QED) is 0.815. The Morgan fingerprint density at radius 2 is 2.00 bits per heavy atom. The van der Waals surface area contributed by atoms with Crippen LogP contribution in [0, 0.1) is 11.3 Å². The van der Waals surface area contributed by atoms with Crippen molar-refractivity contribution in [3.8, 4) is 6.07 Å². The number of benzene rings is 1. The molecule has 0 saturated heterocycles. The highest BCUT2D eigenvalue weighted by atomic mass is 35.5. The molecule has 19 heavy (non-hydrogen) atoms. The van der Waals surface area contributed by atoms with Crippen molar-refractivity contribution in [1.82, 2.24) is 0 Å². The van der Waals surface area contributed by atoms with Gasteiger partial charge in [0.25, 0.3) is 0 Å². The summed E-state index contributed by atoms with van der Waals surface area (Å²) in [6, 6.07) is 4.62. The number of nitriles is 1. The van der Waals surface area contributed by atoms with E-state index in [4.69, 9.17) is 33.6 Å². The Kier molecular flexibility index (Phi) is 5.96. The molecule has 0 aliphatic carbocycles. The van der Waals surface area contributed by atoms with Gasteiger partial charge in [0.2, 0.25) is 5.91 Å². The summed E-state index contributed by atoms with van der Waals surface area (Å²) in [5, 5.41) is 19.9. The van der Waals surface area contributed by atoms with Crippen molar-refractivity contribution in [2.24, 2.45) is 0 Å². The number of carbonyl (C=O) groups is 2. The molecule has 1 aromatic carbocycles. The van der Waals surface area contributed by atoms with E-state index < -0.39 is 11.9 Å². The molecule has 1 amide bonds. The average molecular weight is 319 g/mol. The SMILES string of the molecule is N#CCSCC(=O)Nc1c(Cl)ccc(Cl)c1C(=O)O. The molecule has 0 radical (unpaired) electrons. The van der Waals surface area contributed by atoms with E-state index >= 15 is 0 Å². The fraction of sp³-hybridized carbons (Fsp3) is 0.182. The largest absolute Gasteiger partial charge is 0.478 e. The minimum Gasteiger partial charge on any atom is -0.478 e. The third kappa shape index (κ3) is 4.31. The average Bonchev–Trinajstić information content (AvgIpc) is 2.34. The van der Waals surface area contributed by atoms with Crippen LogP contribution in [0.15, 0.2) is 12.1 Å². The second kappa shape index (κ2) is 7.24. The number of anilines is 1. The van der Waals surface area contributed by atoms with Gasteiger partial charge in [0.05, 0.1) is 33.3 Å². The van der Waals surface area contributed by atoms with Crippen LogP contribution in [0.4, 0.5) is 5.69 Å². The summed E-state index contributed by atoms with van der Waals surface area (Å²) in [6.07, 6.45) is 0.